The predicted molar refractivity (Wildman–Crippen MR) is 77.7 cm³/mol. The summed E-state index contributed by atoms with van der Waals surface area (Å²) in [6.07, 6.45) is 0. The molecule has 0 rings (SSSR count). The molecule has 0 aliphatic rings. The maximum absolute atomic E-state index is 10.4. The molecule has 18 heavy (non-hydrogen) atoms. The molecule has 0 saturated heterocycles. The van der Waals surface area contributed by atoms with Crippen LogP contribution in [0.1, 0.15) is 41.5 Å². The predicted octanol–water partition coefficient (Wildman–Crippen LogP) is 1.98. The van der Waals surface area contributed by atoms with Gasteiger partial charge in [0.2, 0.25) is 0 Å². The number of hydrogen-bond donors (Lipinski definition) is 4. The van der Waals surface area contributed by atoms with Gasteiger partial charge in [0.15, 0.2) is 8.32 Å². The average Bonchev–Trinajstić information content (AvgIpc) is 2.34. The van der Waals surface area contributed by atoms with Gasteiger partial charge >= 0.3 is 0 Å². The summed E-state index contributed by atoms with van der Waals surface area (Å²) >= 11 is 0. The number of hydrogen-bond acceptors (Lipinski definition) is 4. The SMILES string of the molecule is CC(C)[Si](O)(C(C)C)C(C)C.CO.CO.CO.[Ti]. The molecule has 0 aromatic heterocycles. The smallest absolute Gasteiger partial charge is 0.196 e. The fourth-order valence-corrected chi connectivity index (χ4v) is 6.00. The first kappa shape index (κ1) is 31.3. The summed E-state index contributed by atoms with van der Waals surface area (Å²) in [6.45, 7) is 12.9. The van der Waals surface area contributed by atoms with Gasteiger partial charge in [-0.3, -0.25) is 0 Å². The van der Waals surface area contributed by atoms with Crippen LogP contribution in [0.4, 0.5) is 0 Å². The van der Waals surface area contributed by atoms with Gasteiger partial charge < -0.3 is 20.1 Å². The summed E-state index contributed by atoms with van der Waals surface area (Å²) in [7, 11) is 1.02. The van der Waals surface area contributed by atoms with Gasteiger partial charge in [0.05, 0.1) is 0 Å². The Labute approximate surface area is 129 Å². The molecule has 0 atom stereocenters. The second kappa shape index (κ2) is 20.1. The van der Waals surface area contributed by atoms with Crippen molar-refractivity contribution in [2.75, 3.05) is 21.3 Å². The molecule has 6 heteroatoms. The maximum atomic E-state index is 10.4. The van der Waals surface area contributed by atoms with E-state index < -0.39 is 8.32 Å². The van der Waals surface area contributed by atoms with Crippen LogP contribution in [0, 0.1) is 0 Å². The van der Waals surface area contributed by atoms with Crippen LogP contribution >= 0.6 is 0 Å². The summed E-state index contributed by atoms with van der Waals surface area (Å²) in [4.78, 5) is 10.4. The Morgan fingerprint density at radius 3 is 0.667 bits per heavy atom. The van der Waals surface area contributed by atoms with E-state index in [4.69, 9.17) is 15.3 Å². The van der Waals surface area contributed by atoms with Crippen molar-refractivity contribution in [3.05, 3.63) is 0 Å². The molecular weight excluding hydrogens is 284 g/mol. The van der Waals surface area contributed by atoms with E-state index in [1.807, 2.05) is 0 Å². The maximum Gasteiger partial charge on any atom is 0.196 e. The van der Waals surface area contributed by atoms with Crippen LogP contribution in [0.5, 0.6) is 0 Å². The van der Waals surface area contributed by atoms with Crippen LogP contribution in [0.15, 0.2) is 0 Å². The Bertz CT molecular complexity index is 111. The van der Waals surface area contributed by atoms with Gasteiger partial charge in [0.1, 0.15) is 0 Å². The Hall–Kier alpha value is 0.771. The molecular formula is C12H34O4SiTi. The fourth-order valence-electron chi connectivity index (χ4n) is 2.00. The first-order valence-electron chi connectivity index (χ1n) is 5.90. The average molecular weight is 318 g/mol. The molecule has 0 aromatic carbocycles. The van der Waals surface area contributed by atoms with Crippen molar-refractivity contribution >= 4 is 8.32 Å². The van der Waals surface area contributed by atoms with Crippen LogP contribution in [-0.2, 0) is 21.7 Å². The van der Waals surface area contributed by atoms with Crippen LogP contribution < -0.4 is 0 Å². The van der Waals surface area contributed by atoms with Gasteiger partial charge in [-0.25, -0.2) is 0 Å². The summed E-state index contributed by atoms with van der Waals surface area (Å²) in [6, 6.07) is 0. The van der Waals surface area contributed by atoms with E-state index in [-0.39, 0.29) is 21.7 Å². The summed E-state index contributed by atoms with van der Waals surface area (Å²) < 4.78 is 0. The van der Waals surface area contributed by atoms with Crippen LogP contribution in [0.3, 0.4) is 0 Å². The largest absolute Gasteiger partial charge is 0.431 e. The van der Waals surface area contributed by atoms with E-state index in [0.29, 0.717) is 16.6 Å². The minimum absolute atomic E-state index is 0. The molecule has 0 saturated carbocycles. The third kappa shape index (κ3) is 11.8. The summed E-state index contributed by atoms with van der Waals surface area (Å²) in [5.74, 6) is 0. The second-order valence-electron chi connectivity index (χ2n) is 4.35. The van der Waals surface area contributed by atoms with Crippen molar-refractivity contribution < 1.29 is 41.8 Å². The minimum Gasteiger partial charge on any atom is -0.431 e. The molecule has 0 fully saturated rings. The third-order valence-electron chi connectivity index (χ3n) is 2.77. The van der Waals surface area contributed by atoms with Crippen molar-refractivity contribution in [1.29, 1.82) is 0 Å². The molecule has 0 amide bonds. The fraction of sp³-hybridized carbons (Fsp3) is 1.00. The molecule has 0 heterocycles. The van der Waals surface area contributed by atoms with Crippen LogP contribution in [0.25, 0.3) is 0 Å². The van der Waals surface area contributed by atoms with Crippen molar-refractivity contribution in [3.8, 4) is 0 Å². The zero-order valence-corrected chi connectivity index (χ0v) is 16.1. The van der Waals surface area contributed by atoms with E-state index in [2.05, 4.69) is 41.5 Å². The van der Waals surface area contributed by atoms with Gasteiger partial charge in [0.25, 0.3) is 0 Å². The Morgan fingerprint density at radius 1 is 0.556 bits per heavy atom. The molecule has 0 aromatic rings. The molecule has 0 radical (unpaired) electrons. The van der Waals surface area contributed by atoms with Crippen LogP contribution in [0.2, 0.25) is 16.6 Å². The zero-order valence-electron chi connectivity index (χ0n) is 13.5. The molecule has 4 nitrogen and oxygen atoms in total. The van der Waals surface area contributed by atoms with Gasteiger partial charge in [-0.2, -0.15) is 0 Å². The minimum atomic E-state index is -1.98. The van der Waals surface area contributed by atoms with Crippen molar-refractivity contribution in [1.82, 2.24) is 0 Å². The monoisotopic (exact) mass is 318 g/mol. The van der Waals surface area contributed by atoms with E-state index in [1.54, 1.807) is 0 Å². The van der Waals surface area contributed by atoms with Gasteiger partial charge in [-0.05, 0) is 16.6 Å². The van der Waals surface area contributed by atoms with Crippen molar-refractivity contribution in [2.24, 2.45) is 0 Å². The first-order valence-corrected chi connectivity index (χ1v) is 8.07. The quantitative estimate of drug-likeness (QED) is 0.600. The molecule has 0 bridgehead atoms. The second-order valence-corrected chi connectivity index (χ2v) is 9.59. The standard InChI is InChI=1S/C9H22OSi.3CH4O.Ti/c1-7(2)11(10,8(3)4)9(5)6;3*1-2;/h7-10H,1-6H3;3*2H,1H3;. The molecule has 0 spiro atoms. The van der Waals surface area contributed by atoms with Crippen molar-refractivity contribution in [3.63, 3.8) is 0 Å². The first-order chi connectivity index (χ1) is 7.83. The normalized spacial score (nSPS) is 9.33. The van der Waals surface area contributed by atoms with E-state index in [9.17, 15) is 4.80 Å². The molecule has 0 aliphatic heterocycles. The summed E-state index contributed by atoms with van der Waals surface area (Å²) in [5, 5.41) is 21.0. The van der Waals surface area contributed by atoms with E-state index in [1.165, 1.54) is 0 Å². The molecule has 114 valence electrons. The molecule has 0 aliphatic carbocycles. The molecule has 4 N–H and O–H groups in total. The zero-order chi connectivity index (χ0) is 15.2. The Balaban J connectivity index is -0.0000000700. The molecule has 0 unspecified atom stereocenters. The van der Waals surface area contributed by atoms with Crippen LogP contribution in [-0.4, -0.2) is 49.8 Å². The number of aliphatic hydroxyl groups is 3. The number of rotatable bonds is 3. The Morgan fingerprint density at radius 2 is 0.667 bits per heavy atom. The Kier molecular flexibility index (Phi) is 34.9. The van der Waals surface area contributed by atoms with E-state index >= 15 is 0 Å². The van der Waals surface area contributed by atoms with Gasteiger partial charge in [-0.15, -0.1) is 0 Å². The van der Waals surface area contributed by atoms with Gasteiger partial charge in [-0.1, -0.05) is 41.5 Å². The van der Waals surface area contributed by atoms with Crippen molar-refractivity contribution in [2.45, 2.75) is 58.2 Å². The summed E-state index contributed by atoms with van der Waals surface area (Å²) in [5.41, 5.74) is 1.42. The van der Waals surface area contributed by atoms with Gasteiger partial charge in [0, 0.05) is 43.0 Å². The number of aliphatic hydroxyl groups excluding tert-OH is 3. The topological polar surface area (TPSA) is 80.9 Å². The third-order valence-corrected chi connectivity index (χ3v) is 8.32. The van der Waals surface area contributed by atoms with E-state index in [0.717, 1.165) is 21.3 Å².